The maximum Gasteiger partial charge on any atom is 0.185 e. The van der Waals surface area contributed by atoms with E-state index < -0.39 is 6.29 Å². The first-order valence-corrected chi connectivity index (χ1v) is 5.23. The molecule has 1 aromatic rings. The van der Waals surface area contributed by atoms with Crippen LogP contribution in [0.3, 0.4) is 0 Å². The van der Waals surface area contributed by atoms with Crippen LogP contribution in [0.5, 0.6) is 0 Å². The molecular weight excluding hydrogens is 274 g/mol. The summed E-state index contributed by atoms with van der Waals surface area (Å²) in [6.45, 7) is 1.02. The zero-order valence-corrected chi connectivity index (χ0v) is 9.44. The lowest BCUT2D eigenvalue weighted by molar-refractivity contribution is -0.0442. The van der Waals surface area contributed by atoms with Gasteiger partial charge >= 0.3 is 0 Å². The highest BCUT2D eigenvalue weighted by Gasteiger charge is 2.22. The molecule has 0 N–H and O–H groups in total. The summed E-state index contributed by atoms with van der Waals surface area (Å²) in [5, 5.41) is 0.429. The second-order valence-corrected chi connectivity index (χ2v) is 4.10. The van der Waals surface area contributed by atoms with Crippen molar-refractivity contribution < 1.29 is 13.9 Å². The Bertz CT molecular complexity index is 353. The van der Waals surface area contributed by atoms with E-state index in [2.05, 4.69) is 15.9 Å². The first kappa shape index (κ1) is 10.4. The van der Waals surface area contributed by atoms with E-state index in [1.807, 2.05) is 0 Å². The van der Waals surface area contributed by atoms with Crippen LogP contribution in [0.25, 0.3) is 0 Å². The van der Waals surface area contributed by atoms with Gasteiger partial charge in [-0.05, 0) is 28.1 Å². The fourth-order valence-corrected chi connectivity index (χ4v) is 1.93. The van der Waals surface area contributed by atoms with Gasteiger partial charge in [0.25, 0.3) is 0 Å². The van der Waals surface area contributed by atoms with Gasteiger partial charge in [0.1, 0.15) is 5.82 Å². The average Bonchev–Trinajstić information content (AvgIpc) is 2.63. The average molecular weight is 282 g/mol. The molecule has 0 saturated carbocycles. The highest BCUT2D eigenvalue weighted by atomic mass is 79.9. The molecule has 0 aromatic heterocycles. The molecule has 0 atom stereocenters. The molecule has 1 heterocycles. The molecule has 1 saturated heterocycles. The molecule has 0 amide bonds. The molecule has 0 bridgehead atoms. The highest BCUT2D eigenvalue weighted by molar-refractivity contribution is 9.10. The van der Waals surface area contributed by atoms with Crippen molar-refractivity contribution in [2.75, 3.05) is 13.2 Å². The Morgan fingerprint density at radius 3 is 2.64 bits per heavy atom. The van der Waals surface area contributed by atoms with Crippen LogP contribution in [0.4, 0.5) is 4.39 Å². The fourth-order valence-electron chi connectivity index (χ4n) is 1.29. The Hall–Kier alpha value is -0.160. The van der Waals surface area contributed by atoms with Gasteiger partial charge in [0, 0.05) is 10.0 Å². The summed E-state index contributed by atoms with van der Waals surface area (Å²) >= 11 is 9.13. The summed E-state index contributed by atoms with van der Waals surface area (Å²) in [6, 6.07) is 2.63. The van der Waals surface area contributed by atoms with E-state index in [4.69, 9.17) is 21.1 Å². The third kappa shape index (κ3) is 1.93. The van der Waals surface area contributed by atoms with Crippen molar-refractivity contribution in [2.24, 2.45) is 0 Å². The predicted octanol–water partition coefficient (Wildman–Crippen LogP) is 3.29. The van der Waals surface area contributed by atoms with Gasteiger partial charge in [0.2, 0.25) is 0 Å². The second-order valence-electron chi connectivity index (χ2n) is 2.86. The Balaban J connectivity index is 2.40. The van der Waals surface area contributed by atoms with Gasteiger partial charge in [-0.2, -0.15) is 0 Å². The monoisotopic (exact) mass is 280 g/mol. The molecular formula is C9H7BrClFO2. The van der Waals surface area contributed by atoms with Crippen LogP contribution in [-0.2, 0) is 9.47 Å². The van der Waals surface area contributed by atoms with Crippen LogP contribution in [0.15, 0.2) is 16.6 Å². The third-order valence-corrected chi connectivity index (χ3v) is 3.17. The third-order valence-electron chi connectivity index (χ3n) is 1.90. The van der Waals surface area contributed by atoms with Crippen molar-refractivity contribution in [3.05, 3.63) is 33.0 Å². The summed E-state index contributed by atoms with van der Waals surface area (Å²) in [6.07, 6.45) is -0.547. The van der Waals surface area contributed by atoms with E-state index in [9.17, 15) is 4.39 Å². The zero-order chi connectivity index (χ0) is 10.1. The Morgan fingerprint density at radius 1 is 1.36 bits per heavy atom. The molecule has 1 aliphatic heterocycles. The van der Waals surface area contributed by atoms with E-state index in [-0.39, 0.29) is 5.82 Å². The predicted molar refractivity (Wildman–Crippen MR) is 53.8 cm³/mol. The maximum absolute atomic E-state index is 13.1. The van der Waals surface area contributed by atoms with Crippen molar-refractivity contribution in [2.45, 2.75) is 6.29 Å². The van der Waals surface area contributed by atoms with Crippen molar-refractivity contribution >= 4 is 27.5 Å². The van der Waals surface area contributed by atoms with E-state index in [1.54, 1.807) is 0 Å². The fraction of sp³-hybridized carbons (Fsp3) is 0.333. The molecule has 5 heteroatoms. The number of hydrogen-bond donors (Lipinski definition) is 0. The molecule has 1 fully saturated rings. The summed E-state index contributed by atoms with van der Waals surface area (Å²) in [5.41, 5.74) is 0.524. The Kier molecular flexibility index (Phi) is 3.07. The molecule has 1 aromatic carbocycles. The summed E-state index contributed by atoms with van der Waals surface area (Å²) < 4.78 is 24.0. The Labute approximate surface area is 94.1 Å². The molecule has 2 nitrogen and oxygen atoms in total. The van der Waals surface area contributed by atoms with Crippen molar-refractivity contribution in [1.29, 1.82) is 0 Å². The molecule has 2 rings (SSSR count). The zero-order valence-electron chi connectivity index (χ0n) is 7.10. The molecule has 0 aliphatic carbocycles. The largest absolute Gasteiger partial charge is 0.346 e. The van der Waals surface area contributed by atoms with Gasteiger partial charge in [-0.3, -0.25) is 0 Å². The topological polar surface area (TPSA) is 18.5 Å². The molecule has 0 unspecified atom stereocenters. The molecule has 0 radical (unpaired) electrons. The van der Waals surface area contributed by atoms with Crippen molar-refractivity contribution in [3.8, 4) is 0 Å². The summed E-state index contributed by atoms with van der Waals surface area (Å²) in [4.78, 5) is 0. The van der Waals surface area contributed by atoms with Gasteiger partial charge in [-0.1, -0.05) is 11.6 Å². The van der Waals surface area contributed by atoms with Crippen molar-refractivity contribution in [3.63, 3.8) is 0 Å². The number of halogens is 3. The minimum atomic E-state index is -0.547. The second kappa shape index (κ2) is 4.14. The van der Waals surface area contributed by atoms with Gasteiger partial charge in [0.15, 0.2) is 6.29 Å². The van der Waals surface area contributed by atoms with Crippen LogP contribution in [0.2, 0.25) is 5.02 Å². The molecule has 1 aliphatic rings. The van der Waals surface area contributed by atoms with Crippen LogP contribution < -0.4 is 0 Å². The first-order chi connectivity index (χ1) is 6.68. The van der Waals surface area contributed by atoms with Crippen LogP contribution >= 0.6 is 27.5 Å². The molecule has 14 heavy (non-hydrogen) atoms. The summed E-state index contributed by atoms with van der Waals surface area (Å²) in [5.74, 6) is -0.365. The van der Waals surface area contributed by atoms with E-state index in [1.165, 1.54) is 12.1 Å². The van der Waals surface area contributed by atoms with Crippen molar-refractivity contribution in [1.82, 2.24) is 0 Å². The van der Waals surface area contributed by atoms with E-state index in [0.717, 1.165) is 0 Å². The standard InChI is InChI=1S/C9H7BrClFO2/c10-7-4-5(12)3-6(8(7)11)9-13-1-2-14-9/h3-4,9H,1-2H2. The lowest BCUT2D eigenvalue weighted by Crippen LogP contribution is -2.00. The van der Waals surface area contributed by atoms with Crippen LogP contribution in [0, 0.1) is 5.82 Å². The van der Waals surface area contributed by atoms with E-state index in [0.29, 0.717) is 28.3 Å². The smallest absolute Gasteiger partial charge is 0.185 e. The number of rotatable bonds is 1. The minimum absolute atomic E-state index is 0.365. The van der Waals surface area contributed by atoms with Gasteiger partial charge in [0.05, 0.1) is 18.2 Å². The van der Waals surface area contributed by atoms with Crippen LogP contribution in [0.1, 0.15) is 11.9 Å². The maximum atomic E-state index is 13.1. The normalized spacial score (nSPS) is 17.6. The molecule has 0 spiro atoms. The quantitative estimate of drug-likeness (QED) is 0.736. The number of ether oxygens (including phenoxy) is 2. The van der Waals surface area contributed by atoms with Crippen LogP contribution in [-0.4, -0.2) is 13.2 Å². The van der Waals surface area contributed by atoms with Gasteiger partial charge in [-0.25, -0.2) is 4.39 Å². The van der Waals surface area contributed by atoms with Gasteiger partial charge in [-0.15, -0.1) is 0 Å². The number of benzene rings is 1. The lowest BCUT2D eigenvalue weighted by Gasteiger charge is -2.12. The number of hydrogen-bond acceptors (Lipinski definition) is 2. The molecule has 76 valence electrons. The SMILES string of the molecule is Fc1cc(Br)c(Cl)c(C2OCCO2)c1. The minimum Gasteiger partial charge on any atom is -0.346 e. The van der Waals surface area contributed by atoms with Gasteiger partial charge < -0.3 is 9.47 Å². The van der Waals surface area contributed by atoms with E-state index >= 15 is 0 Å². The Morgan fingerprint density at radius 2 is 2.00 bits per heavy atom. The first-order valence-electron chi connectivity index (χ1n) is 4.06. The highest BCUT2D eigenvalue weighted by Crippen LogP contribution is 2.34. The summed E-state index contributed by atoms with van der Waals surface area (Å²) in [7, 11) is 0. The lowest BCUT2D eigenvalue weighted by atomic mass is 10.2.